The first-order chi connectivity index (χ1) is 13.5. The van der Waals surface area contributed by atoms with Crippen LogP contribution < -0.4 is 10.6 Å². The van der Waals surface area contributed by atoms with Gasteiger partial charge in [-0.1, -0.05) is 18.7 Å². The number of amides is 1. The zero-order chi connectivity index (χ0) is 19.7. The summed E-state index contributed by atoms with van der Waals surface area (Å²) in [6.07, 6.45) is 6.58. The molecule has 1 saturated heterocycles. The molecule has 1 aliphatic heterocycles. The van der Waals surface area contributed by atoms with Crippen LogP contribution in [0.4, 0.5) is 0 Å². The van der Waals surface area contributed by atoms with Crippen LogP contribution in [0.5, 0.6) is 0 Å². The molecule has 3 aromatic heterocycles. The van der Waals surface area contributed by atoms with Crippen LogP contribution in [0.15, 0.2) is 55.4 Å². The lowest BCUT2D eigenvalue weighted by Crippen LogP contribution is -2.47. The zero-order valence-corrected chi connectivity index (χ0v) is 16.5. The molecule has 1 unspecified atom stereocenters. The maximum atomic E-state index is 12.2. The predicted octanol–water partition coefficient (Wildman–Crippen LogP) is 3.27. The molecule has 1 fully saturated rings. The van der Waals surface area contributed by atoms with Crippen molar-refractivity contribution in [3.8, 4) is 0 Å². The first-order valence-electron chi connectivity index (χ1n) is 9.72. The molecule has 0 aliphatic carbocycles. The van der Waals surface area contributed by atoms with Crippen LogP contribution in [0.2, 0.25) is 0 Å². The van der Waals surface area contributed by atoms with E-state index in [1.165, 1.54) is 5.56 Å². The third-order valence-electron chi connectivity index (χ3n) is 5.54. The maximum absolute atomic E-state index is 12.2. The lowest BCUT2D eigenvalue weighted by Gasteiger charge is -2.25. The van der Waals surface area contributed by atoms with Gasteiger partial charge in [-0.05, 0) is 68.5 Å². The normalized spacial score (nSPS) is 19.0. The van der Waals surface area contributed by atoms with Crippen LogP contribution in [0.25, 0.3) is 11.2 Å². The smallest absolute Gasteiger partial charge is 0.245 e. The Kier molecular flexibility index (Phi) is 4.67. The highest BCUT2D eigenvalue weighted by Gasteiger charge is 2.38. The number of hydrogen-bond donors (Lipinski definition) is 2. The molecule has 1 amide bonds. The second-order valence-electron chi connectivity index (χ2n) is 7.77. The molecule has 4 heterocycles. The summed E-state index contributed by atoms with van der Waals surface area (Å²) in [5.74, 6) is 0.0308. The molecule has 0 bridgehead atoms. The first-order valence-corrected chi connectivity index (χ1v) is 9.72. The minimum Gasteiger partial charge on any atom is -0.370 e. The molecule has 28 heavy (non-hydrogen) atoms. The Hall–Kier alpha value is -3.08. The van der Waals surface area contributed by atoms with Crippen molar-refractivity contribution in [3.63, 3.8) is 0 Å². The third-order valence-corrected chi connectivity index (χ3v) is 5.54. The second-order valence-corrected chi connectivity index (χ2v) is 7.77. The highest BCUT2D eigenvalue weighted by Crippen LogP contribution is 2.26. The van der Waals surface area contributed by atoms with Crippen molar-refractivity contribution in [1.82, 2.24) is 20.0 Å². The van der Waals surface area contributed by atoms with E-state index in [2.05, 4.69) is 64.0 Å². The Morgan fingerprint density at radius 3 is 2.89 bits per heavy atom. The number of aromatic nitrogens is 2. The van der Waals surface area contributed by atoms with Crippen molar-refractivity contribution in [2.45, 2.75) is 38.6 Å². The van der Waals surface area contributed by atoms with Crippen molar-refractivity contribution in [1.29, 1.82) is 0 Å². The summed E-state index contributed by atoms with van der Waals surface area (Å²) in [5, 5.41) is 6.28. The van der Waals surface area contributed by atoms with Gasteiger partial charge in [0.05, 0.1) is 11.4 Å². The number of pyridine rings is 2. The van der Waals surface area contributed by atoms with Gasteiger partial charge >= 0.3 is 0 Å². The van der Waals surface area contributed by atoms with Crippen LogP contribution in [-0.4, -0.2) is 27.4 Å². The molecule has 0 aromatic carbocycles. The summed E-state index contributed by atoms with van der Waals surface area (Å²) in [5.41, 5.74) is 5.80. The summed E-state index contributed by atoms with van der Waals surface area (Å²) in [4.78, 5) is 16.6. The molecule has 4 rings (SSSR count). The quantitative estimate of drug-likeness (QED) is 0.696. The van der Waals surface area contributed by atoms with Gasteiger partial charge in [-0.3, -0.25) is 9.78 Å². The van der Waals surface area contributed by atoms with Crippen LogP contribution in [-0.2, 0) is 17.6 Å². The van der Waals surface area contributed by atoms with E-state index in [1.807, 2.05) is 25.3 Å². The van der Waals surface area contributed by atoms with E-state index in [-0.39, 0.29) is 5.91 Å². The van der Waals surface area contributed by atoms with E-state index in [1.54, 1.807) is 0 Å². The highest BCUT2D eigenvalue weighted by atomic mass is 16.2. The standard InChI is InChI=1S/C23H26N4O/c1-16-14-20-10-8-18(7-9-19-6-4-5-12-24-19)15-27(20)21(16)17(2)26-23(3)11-13-25-22(23)28/h4-6,8,10,12,14-15,26H,2,7,9,11,13H2,1,3H3,(H,25,28). The van der Waals surface area contributed by atoms with Gasteiger partial charge < -0.3 is 15.0 Å². The Labute approximate surface area is 165 Å². The lowest BCUT2D eigenvalue weighted by atomic mass is 10.00. The van der Waals surface area contributed by atoms with Gasteiger partial charge in [0.2, 0.25) is 5.91 Å². The topological polar surface area (TPSA) is 58.4 Å². The van der Waals surface area contributed by atoms with Crippen molar-refractivity contribution in [3.05, 3.63) is 77.9 Å². The molecule has 5 heteroatoms. The summed E-state index contributed by atoms with van der Waals surface area (Å²) in [6.45, 7) is 8.97. The van der Waals surface area contributed by atoms with Crippen molar-refractivity contribution < 1.29 is 4.79 Å². The van der Waals surface area contributed by atoms with Crippen molar-refractivity contribution in [2.24, 2.45) is 0 Å². The number of nitrogens with zero attached hydrogens (tertiary/aromatic N) is 2. The van der Waals surface area contributed by atoms with Gasteiger partial charge in [-0.25, -0.2) is 0 Å². The van der Waals surface area contributed by atoms with Crippen LogP contribution >= 0.6 is 0 Å². The van der Waals surface area contributed by atoms with Gasteiger partial charge in [-0.2, -0.15) is 0 Å². The van der Waals surface area contributed by atoms with Gasteiger partial charge in [0, 0.05) is 30.1 Å². The Morgan fingerprint density at radius 2 is 2.18 bits per heavy atom. The highest BCUT2D eigenvalue weighted by molar-refractivity contribution is 5.89. The fraction of sp³-hybridized carbons (Fsp3) is 0.304. The van der Waals surface area contributed by atoms with E-state index in [4.69, 9.17) is 0 Å². The Morgan fingerprint density at radius 1 is 1.32 bits per heavy atom. The maximum Gasteiger partial charge on any atom is 0.245 e. The van der Waals surface area contributed by atoms with Crippen molar-refractivity contribution in [2.75, 3.05) is 6.54 Å². The number of rotatable bonds is 6. The SMILES string of the molecule is C=C(NC1(C)CCNC1=O)c1c(C)cc2ccc(CCc3ccccn3)cn12. The van der Waals surface area contributed by atoms with E-state index >= 15 is 0 Å². The van der Waals surface area contributed by atoms with Crippen LogP contribution in [0.1, 0.15) is 35.9 Å². The summed E-state index contributed by atoms with van der Waals surface area (Å²) in [7, 11) is 0. The predicted molar refractivity (Wildman–Crippen MR) is 112 cm³/mol. The van der Waals surface area contributed by atoms with E-state index in [0.29, 0.717) is 6.54 Å². The average molecular weight is 374 g/mol. The first kappa shape index (κ1) is 18.3. The molecule has 0 radical (unpaired) electrons. The molecule has 2 N–H and O–H groups in total. The molecule has 144 valence electrons. The van der Waals surface area contributed by atoms with E-state index < -0.39 is 5.54 Å². The average Bonchev–Trinajstić information content (AvgIpc) is 3.18. The third kappa shape index (κ3) is 3.40. The summed E-state index contributed by atoms with van der Waals surface area (Å²) in [6, 6.07) is 12.5. The number of carbonyl (C=O) groups is 1. The van der Waals surface area contributed by atoms with Crippen LogP contribution in [0, 0.1) is 6.92 Å². The van der Waals surface area contributed by atoms with E-state index in [9.17, 15) is 4.79 Å². The molecular weight excluding hydrogens is 348 g/mol. The fourth-order valence-corrected chi connectivity index (χ4v) is 3.94. The van der Waals surface area contributed by atoms with Gasteiger partial charge in [0.1, 0.15) is 5.54 Å². The molecule has 0 spiro atoms. The van der Waals surface area contributed by atoms with Gasteiger partial charge in [0.15, 0.2) is 0 Å². The minimum atomic E-state index is -0.607. The minimum absolute atomic E-state index is 0.0308. The molecule has 1 aliphatic rings. The number of hydrogen-bond acceptors (Lipinski definition) is 3. The molecular formula is C23H26N4O. The van der Waals surface area contributed by atoms with Crippen LogP contribution in [0.3, 0.4) is 0 Å². The Balaban J connectivity index is 1.60. The largest absolute Gasteiger partial charge is 0.370 e. The zero-order valence-electron chi connectivity index (χ0n) is 16.5. The Bertz CT molecular complexity index is 1040. The fourth-order valence-electron chi connectivity index (χ4n) is 3.94. The molecule has 3 aromatic rings. The molecule has 5 nitrogen and oxygen atoms in total. The van der Waals surface area contributed by atoms with E-state index in [0.717, 1.165) is 47.4 Å². The summed E-state index contributed by atoms with van der Waals surface area (Å²) < 4.78 is 2.18. The second kappa shape index (κ2) is 7.15. The molecule has 1 atom stereocenters. The van der Waals surface area contributed by atoms with Gasteiger partial charge in [0.25, 0.3) is 0 Å². The number of nitrogens with one attached hydrogen (secondary N) is 2. The number of aryl methyl sites for hydroxylation is 3. The van der Waals surface area contributed by atoms with Gasteiger partial charge in [-0.15, -0.1) is 0 Å². The monoisotopic (exact) mass is 374 g/mol. The summed E-state index contributed by atoms with van der Waals surface area (Å²) >= 11 is 0. The number of fused-ring (bicyclic) bond motifs is 1. The number of carbonyl (C=O) groups excluding carboxylic acids is 1. The lowest BCUT2D eigenvalue weighted by molar-refractivity contribution is -0.123. The van der Waals surface area contributed by atoms with Crippen molar-refractivity contribution >= 4 is 17.1 Å². The molecule has 0 saturated carbocycles.